The van der Waals surface area contributed by atoms with Crippen molar-refractivity contribution in [2.45, 2.75) is 79.1 Å². The fourth-order valence-corrected chi connectivity index (χ4v) is 5.39. The van der Waals surface area contributed by atoms with Crippen LogP contribution in [0.5, 0.6) is 0 Å². The highest BCUT2D eigenvalue weighted by Gasteiger charge is 2.17. The van der Waals surface area contributed by atoms with Crippen LogP contribution in [-0.2, 0) is 62.7 Å². The molecule has 0 aliphatic carbocycles. The largest absolute Gasteiger partial charge is 0.460 e. The summed E-state index contributed by atoms with van der Waals surface area (Å²) in [6.45, 7) is 9.44. The van der Waals surface area contributed by atoms with Crippen LogP contribution in [0, 0.1) is 13.8 Å². The van der Waals surface area contributed by atoms with Crippen molar-refractivity contribution < 1.29 is 28.6 Å². The molecule has 10 nitrogen and oxygen atoms in total. The predicted molar refractivity (Wildman–Crippen MR) is 192 cm³/mol. The molecule has 0 atom stereocenters. The molecule has 260 valence electrons. The van der Waals surface area contributed by atoms with E-state index < -0.39 is 17.7 Å². The van der Waals surface area contributed by atoms with Crippen LogP contribution in [0.4, 0.5) is 4.79 Å². The summed E-state index contributed by atoms with van der Waals surface area (Å²) in [5.74, 6) is -0.892. The van der Waals surface area contributed by atoms with Gasteiger partial charge in [-0.15, -0.1) is 35.1 Å². The molecular formula is C35H45ClN4O6S2. The number of ether oxygens (including phenoxy) is 3. The van der Waals surface area contributed by atoms with Gasteiger partial charge in [0.15, 0.2) is 0 Å². The van der Waals surface area contributed by atoms with Crippen LogP contribution in [-0.4, -0.2) is 46.7 Å². The Morgan fingerprint density at radius 2 is 1.12 bits per heavy atom. The molecule has 0 unspecified atom stereocenters. The average Bonchev–Trinajstić information content (AvgIpc) is 3.67. The number of nitrogens with zero attached hydrogens (tertiary/aromatic N) is 2. The molecule has 0 spiro atoms. The molecular weight excluding hydrogens is 672 g/mol. The van der Waals surface area contributed by atoms with E-state index in [1.807, 2.05) is 50.2 Å². The number of benzene rings is 2. The van der Waals surface area contributed by atoms with Crippen molar-refractivity contribution in [1.82, 2.24) is 15.3 Å². The Morgan fingerprint density at radius 1 is 0.708 bits per heavy atom. The molecule has 0 aliphatic rings. The summed E-state index contributed by atoms with van der Waals surface area (Å²) >= 11 is 3.35. The number of aromatic nitrogens is 2. The van der Waals surface area contributed by atoms with Gasteiger partial charge in [0.25, 0.3) is 0 Å². The number of carbonyl (C=O) groups excluding carboxylic acids is 3. The second kappa shape index (κ2) is 20.5. The topological polar surface area (TPSA) is 143 Å². The number of alkyl carbamates (subject to hydrolysis) is 1. The first kappa shape index (κ1) is 40.3. The van der Waals surface area contributed by atoms with Crippen LogP contribution in [0.3, 0.4) is 0 Å². The van der Waals surface area contributed by atoms with Gasteiger partial charge in [0.1, 0.15) is 25.4 Å². The first-order chi connectivity index (χ1) is 22.4. The number of hydrogen-bond donors (Lipinski definition) is 2. The molecule has 0 fully saturated rings. The van der Waals surface area contributed by atoms with Crippen molar-refractivity contribution in [2.24, 2.45) is 5.73 Å². The van der Waals surface area contributed by atoms with Gasteiger partial charge >= 0.3 is 18.0 Å². The van der Waals surface area contributed by atoms with E-state index in [1.165, 1.54) is 11.1 Å². The highest BCUT2D eigenvalue weighted by molar-refractivity contribution is 7.09. The van der Waals surface area contributed by atoms with E-state index >= 15 is 0 Å². The number of thiazole rings is 2. The summed E-state index contributed by atoms with van der Waals surface area (Å²) in [4.78, 5) is 43.1. The summed E-state index contributed by atoms with van der Waals surface area (Å²) in [6, 6.07) is 16.0. The number of aryl methyl sites for hydroxylation is 6. The maximum atomic E-state index is 11.7. The lowest BCUT2D eigenvalue weighted by Gasteiger charge is -2.19. The van der Waals surface area contributed by atoms with Crippen molar-refractivity contribution in [1.29, 1.82) is 0 Å². The monoisotopic (exact) mass is 716 g/mol. The van der Waals surface area contributed by atoms with Gasteiger partial charge in [-0.05, 0) is 82.6 Å². The van der Waals surface area contributed by atoms with Crippen LogP contribution >= 0.6 is 35.1 Å². The summed E-state index contributed by atoms with van der Waals surface area (Å²) in [7, 11) is 0. The lowest BCUT2D eigenvalue weighted by Crippen LogP contribution is -2.36. The molecule has 1 amide bonds. The maximum Gasteiger partial charge on any atom is 0.408 e. The number of amides is 1. The molecule has 0 bridgehead atoms. The molecule has 2 heterocycles. The Balaban J connectivity index is 0.000000340. The van der Waals surface area contributed by atoms with E-state index in [4.69, 9.17) is 19.9 Å². The zero-order valence-corrected chi connectivity index (χ0v) is 30.5. The second-order valence-corrected chi connectivity index (χ2v) is 13.9. The lowest BCUT2D eigenvalue weighted by atomic mass is 10.1. The third kappa shape index (κ3) is 16.3. The van der Waals surface area contributed by atoms with Gasteiger partial charge in [-0.1, -0.05) is 48.5 Å². The first-order valence-corrected chi connectivity index (χ1v) is 17.1. The van der Waals surface area contributed by atoms with E-state index in [0.29, 0.717) is 0 Å². The molecule has 0 saturated carbocycles. The fourth-order valence-electron chi connectivity index (χ4n) is 4.09. The van der Waals surface area contributed by atoms with Crippen LogP contribution in [0.1, 0.15) is 64.4 Å². The highest BCUT2D eigenvalue weighted by Crippen LogP contribution is 2.14. The fraction of sp³-hybridized carbons (Fsp3) is 0.400. The third-order valence-corrected chi connectivity index (χ3v) is 8.11. The molecule has 0 aliphatic heterocycles. The van der Waals surface area contributed by atoms with Gasteiger partial charge in [-0.25, -0.2) is 14.8 Å². The summed E-state index contributed by atoms with van der Waals surface area (Å²) in [6.07, 6.45) is 3.11. The Labute approximate surface area is 296 Å². The van der Waals surface area contributed by atoms with Gasteiger partial charge in [-0.2, -0.15) is 0 Å². The van der Waals surface area contributed by atoms with E-state index in [9.17, 15) is 14.4 Å². The number of rotatable bonds is 13. The van der Waals surface area contributed by atoms with Crippen molar-refractivity contribution >= 4 is 53.1 Å². The van der Waals surface area contributed by atoms with Gasteiger partial charge in [0, 0.05) is 10.8 Å². The predicted octanol–water partition coefficient (Wildman–Crippen LogP) is 6.47. The average molecular weight is 717 g/mol. The van der Waals surface area contributed by atoms with Crippen molar-refractivity contribution in [2.75, 3.05) is 13.1 Å². The number of nitrogens with one attached hydrogen (secondary N) is 1. The van der Waals surface area contributed by atoms with Crippen molar-refractivity contribution in [3.05, 3.63) is 103 Å². The number of halogens is 1. The van der Waals surface area contributed by atoms with Crippen LogP contribution < -0.4 is 11.1 Å². The quantitative estimate of drug-likeness (QED) is 0.118. The Morgan fingerprint density at radius 3 is 1.50 bits per heavy atom. The zero-order chi connectivity index (χ0) is 34.2. The van der Waals surface area contributed by atoms with Gasteiger partial charge in [0.2, 0.25) is 0 Å². The van der Waals surface area contributed by atoms with E-state index in [0.717, 1.165) is 58.2 Å². The Hall–Kier alpha value is -3.84. The standard InChI is InChI=1S/C20H26N2O4S.C15H18N2O2S.ClH/c1-14-22-17(13-27-14)10-9-15-5-7-16(8-6-15)12-25-18(23)11-21-19(24)26-20(2,3)4;1-11-17-14(10-20-11)7-6-12-2-4-13(5-3-12)9-19-15(18)8-16;/h5-8,13H,9-12H2,1-4H3,(H,21,24);2-5,10H,6-9,16H2,1H3;1H. The minimum Gasteiger partial charge on any atom is -0.460 e. The molecule has 48 heavy (non-hydrogen) atoms. The number of esters is 2. The second-order valence-electron chi connectivity index (χ2n) is 11.7. The SMILES string of the molecule is Cc1nc(CCc2ccc(COC(=O)CN)cc2)cs1.Cc1nc(CCc2ccc(COC(=O)CNC(=O)OC(C)(C)C)cc2)cs1.Cl. The van der Waals surface area contributed by atoms with Gasteiger partial charge in [-0.3, -0.25) is 9.59 Å². The Kier molecular flexibility index (Phi) is 17.2. The van der Waals surface area contributed by atoms with E-state index in [1.54, 1.807) is 43.4 Å². The molecule has 3 N–H and O–H groups in total. The van der Waals surface area contributed by atoms with Crippen LogP contribution in [0.15, 0.2) is 59.3 Å². The first-order valence-electron chi connectivity index (χ1n) is 15.3. The molecule has 0 radical (unpaired) electrons. The molecule has 13 heteroatoms. The molecule has 2 aromatic carbocycles. The molecule has 4 aromatic rings. The van der Waals surface area contributed by atoms with Crippen LogP contribution in [0.25, 0.3) is 0 Å². The highest BCUT2D eigenvalue weighted by atomic mass is 35.5. The summed E-state index contributed by atoms with van der Waals surface area (Å²) < 4.78 is 15.2. The third-order valence-electron chi connectivity index (χ3n) is 6.46. The molecule has 2 aromatic heterocycles. The Bertz CT molecular complexity index is 1570. The van der Waals surface area contributed by atoms with E-state index in [2.05, 4.69) is 38.2 Å². The molecule has 0 saturated heterocycles. The van der Waals surface area contributed by atoms with Crippen molar-refractivity contribution in [3.8, 4) is 0 Å². The molecule has 4 rings (SSSR count). The number of nitrogens with two attached hydrogens (primary N) is 1. The van der Waals surface area contributed by atoms with E-state index in [-0.39, 0.29) is 44.7 Å². The van der Waals surface area contributed by atoms with Crippen molar-refractivity contribution in [3.63, 3.8) is 0 Å². The van der Waals surface area contributed by atoms with Crippen LogP contribution in [0.2, 0.25) is 0 Å². The normalized spacial score (nSPS) is 10.6. The minimum absolute atomic E-state index is 0. The summed E-state index contributed by atoms with van der Waals surface area (Å²) in [5.41, 5.74) is 11.2. The smallest absolute Gasteiger partial charge is 0.408 e. The summed E-state index contributed by atoms with van der Waals surface area (Å²) in [5, 5.41) is 8.77. The van der Waals surface area contributed by atoms with Gasteiger partial charge in [0.05, 0.1) is 27.9 Å². The van der Waals surface area contributed by atoms with Gasteiger partial charge < -0.3 is 25.3 Å². The number of hydrogen-bond acceptors (Lipinski definition) is 11. The maximum absolute atomic E-state index is 11.7. The number of carbonyl (C=O) groups is 3. The lowest BCUT2D eigenvalue weighted by molar-refractivity contribution is -0.144. The minimum atomic E-state index is -0.640. The zero-order valence-electron chi connectivity index (χ0n) is 28.1.